The lowest BCUT2D eigenvalue weighted by Crippen LogP contribution is -2.32. The van der Waals surface area contributed by atoms with Crippen LogP contribution in [0.1, 0.15) is 96.0 Å². The maximum atomic E-state index is 11.4. The predicted octanol–water partition coefficient (Wildman–Crippen LogP) is 6.99. The molecule has 2 rings (SSSR count). The normalized spacial score (nSPS) is 16.0. The van der Waals surface area contributed by atoms with Crippen LogP contribution in [0.4, 0.5) is 0 Å². The molecule has 1 aliphatic rings. The Kier molecular flexibility index (Phi) is 12.7. The first-order valence-corrected chi connectivity index (χ1v) is 12.0. The van der Waals surface area contributed by atoms with Crippen LogP contribution in [0.3, 0.4) is 0 Å². The number of aryl methyl sites for hydroxylation is 1. The van der Waals surface area contributed by atoms with Gasteiger partial charge in [-0.2, -0.15) is 0 Å². The summed E-state index contributed by atoms with van der Waals surface area (Å²) < 4.78 is 0. The lowest BCUT2D eigenvalue weighted by molar-refractivity contribution is 0.101. The molecule has 2 N–H and O–H groups in total. The number of hydrogen-bond acceptors (Lipinski definition) is 3. The molecule has 1 atom stereocenters. The van der Waals surface area contributed by atoms with Crippen LogP contribution in [0.2, 0.25) is 0 Å². The van der Waals surface area contributed by atoms with E-state index in [1.165, 1.54) is 19.3 Å². The summed E-state index contributed by atoms with van der Waals surface area (Å²) in [7, 11) is 0. The Labute approximate surface area is 190 Å². The molecule has 0 aliphatic heterocycles. The van der Waals surface area contributed by atoms with Crippen molar-refractivity contribution < 1.29 is 4.79 Å². The first kappa shape index (κ1) is 26.8. The summed E-state index contributed by atoms with van der Waals surface area (Å²) in [6, 6.07) is 8.12. The lowest BCUT2D eigenvalue weighted by atomic mass is 9.94. The van der Waals surface area contributed by atoms with Gasteiger partial charge in [-0.25, -0.2) is 0 Å². The van der Waals surface area contributed by atoms with Gasteiger partial charge in [-0.3, -0.25) is 9.79 Å². The van der Waals surface area contributed by atoms with Crippen molar-refractivity contribution in [1.29, 1.82) is 5.41 Å². The molecule has 0 aromatic heterocycles. The molecule has 31 heavy (non-hydrogen) atoms. The third kappa shape index (κ3) is 10.1. The number of carbonyl (C=O) groups excluding carboxylic acids is 1. The second kappa shape index (κ2) is 14.7. The summed E-state index contributed by atoms with van der Waals surface area (Å²) >= 11 is 0. The molecule has 0 radical (unpaired) electrons. The number of amidine groups is 1. The first-order chi connectivity index (χ1) is 14.9. The standard InChI is InChI=1S/C25H37N3O.C2H6/c1-18(2)16-17-27-25(28-23-8-6-5-7-9-23)19(3)24(26)15-12-21-10-13-22(14-11-21)20(4)29;1-2/h10-11,13-14,16-19,23,26H,5-9,12,15H2,1-4H3,(H,27,28);1-2H3/b17-16-,26-24?;. The fourth-order valence-corrected chi connectivity index (χ4v) is 3.57. The monoisotopic (exact) mass is 425 g/mol. The number of benzene rings is 1. The maximum Gasteiger partial charge on any atom is 0.159 e. The van der Waals surface area contributed by atoms with Gasteiger partial charge in [-0.05, 0) is 50.3 Å². The van der Waals surface area contributed by atoms with E-state index in [4.69, 9.17) is 10.4 Å². The van der Waals surface area contributed by atoms with Gasteiger partial charge in [0.2, 0.25) is 0 Å². The van der Waals surface area contributed by atoms with E-state index < -0.39 is 0 Å². The van der Waals surface area contributed by atoms with E-state index in [0.717, 1.165) is 36.2 Å². The number of Topliss-reactive ketones (excluding diaryl/α,β-unsaturated/α-hetero) is 1. The van der Waals surface area contributed by atoms with Crippen LogP contribution >= 0.6 is 0 Å². The van der Waals surface area contributed by atoms with Crippen LogP contribution in [0.25, 0.3) is 0 Å². The molecule has 1 aliphatic carbocycles. The molecular weight excluding hydrogens is 382 g/mol. The molecule has 0 saturated heterocycles. The molecule has 0 heterocycles. The van der Waals surface area contributed by atoms with Gasteiger partial charge in [-0.1, -0.05) is 84.2 Å². The van der Waals surface area contributed by atoms with E-state index in [9.17, 15) is 4.79 Å². The minimum Gasteiger partial charge on any atom is -0.350 e. The molecule has 172 valence electrons. The largest absolute Gasteiger partial charge is 0.350 e. The van der Waals surface area contributed by atoms with Crippen LogP contribution in [0.15, 0.2) is 41.5 Å². The average Bonchev–Trinajstić information content (AvgIpc) is 2.78. The van der Waals surface area contributed by atoms with Crippen LogP contribution in [-0.4, -0.2) is 23.4 Å². The molecule has 4 nitrogen and oxygen atoms in total. The molecule has 1 aromatic rings. The Balaban J connectivity index is 0.00000233. The highest BCUT2D eigenvalue weighted by Gasteiger charge is 2.19. The third-order valence-corrected chi connectivity index (χ3v) is 5.59. The summed E-state index contributed by atoms with van der Waals surface area (Å²) in [5.74, 6) is 1.46. The van der Waals surface area contributed by atoms with Gasteiger partial charge in [0.1, 0.15) is 5.84 Å². The van der Waals surface area contributed by atoms with Crippen molar-refractivity contribution >= 4 is 17.3 Å². The van der Waals surface area contributed by atoms with Crippen LogP contribution < -0.4 is 5.32 Å². The Morgan fingerprint density at radius 1 is 1.13 bits per heavy atom. The van der Waals surface area contributed by atoms with Crippen molar-refractivity contribution in [2.45, 2.75) is 92.5 Å². The van der Waals surface area contributed by atoms with Crippen molar-refractivity contribution in [2.24, 2.45) is 16.8 Å². The van der Waals surface area contributed by atoms with Crippen LogP contribution in [-0.2, 0) is 6.42 Å². The van der Waals surface area contributed by atoms with Gasteiger partial charge in [0.15, 0.2) is 5.78 Å². The van der Waals surface area contributed by atoms with Crippen molar-refractivity contribution in [1.82, 2.24) is 5.32 Å². The number of ketones is 1. The third-order valence-electron chi connectivity index (χ3n) is 5.59. The summed E-state index contributed by atoms with van der Waals surface area (Å²) in [6.45, 7) is 12.0. The van der Waals surface area contributed by atoms with Crippen LogP contribution in [0.5, 0.6) is 0 Å². The molecule has 1 aromatic carbocycles. The zero-order valence-corrected chi connectivity index (χ0v) is 20.5. The van der Waals surface area contributed by atoms with Gasteiger partial charge in [0.25, 0.3) is 0 Å². The number of carbonyl (C=O) groups is 1. The smallest absolute Gasteiger partial charge is 0.159 e. The quantitative estimate of drug-likeness (QED) is 0.254. The van der Waals surface area contributed by atoms with E-state index in [1.54, 1.807) is 6.92 Å². The van der Waals surface area contributed by atoms with Crippen molar-refractivity contribution in [3.63, 3.8) is 0 Å². The van der Waals surface area contributed by atoms with E-state index in [2.05, 4.69) is 32.2 Å². The Bertz CT molecular complexity index is 725. The highest BCUT2D eigenvalue weighted by atomic mass is 16.1. The fourth-order valence-electron chi connectivity index (χ4n) is 3.57. The number of hydrogen-bond donors (Lipinski definition) is 2. The van der Waals surface area contributed by atoms with Crippen molar-refractivity contribution in [3.05, 3.63) is 47.7 Å². The van der Waals surface area contributed by atoms with E-state index in [0.29, 0.717) is 24.1 Å². The zero-order valence-electron chi connectivity index (χ0n) is 20.5. The number of nitrogens with one attached hydrogen (secondary N) is 2. The predicted molar refractivity (Wildman–Crippen MR) is 134 cm³/mol. The fraction of sp³-hybridized carbons (Fsp3) is 0.593. The summed E-state index contributed by atoms with van der Waals surface area (Å²) in [5.41, 5.74) is 2.59. The van der Waals surface area contributed by atoms with Crippen LogP contribution in [0, 0.1) is 17.2 Å². The average molecular weight is 426 g/mol. The Morgan fingerprint density at radius 3 is 2.29 bits per heavy atom. The highest BCUT2D eigenvalue weighted by molar-refractivity contribution is 6.05. The zero-order chi connectivity index (χ0) is 23.2. The number of nitrogens with zero attached hydrogens (tertiary/aromatic N) is 1. The summed E-state index contributed by atoms with van der Waals surface area (Å²) in [5, 5.41) is 12.0. The van der Waals surface area contributed by atoms with Crippen molar-refractivity contribution in [3.8, 4) is 0 Å². The molecule has 0 spiro atoms. The topological polar surface area (TPSA) is 65.3 Å². The summed E-state index contributed by atoms with van der Waals surface area (Å²) in [6.07, 6.45) is 11.7. The number of allylic oxidation sites excluding steroid dienone is 1. The molecular formula is C27H43N3O. The Morgan fingerprint density at radius 2 is 1.74 bits per heavy atom. The second-order valence-corrected chi connectivity index (χ2v) is 8.55. The highest BCUT2D eigenvalue weighted by Crippen LogP contribution is 2.21. The minimum absolute atomic E-state index is 0.0229. The molecule has 0 bridgehead atoms. The molecule has 1 unspecified atom stereocenters. The van der Waals surface area contributed by atoms with Gasteiger partial charge in [0, 0.05) is 11.3 Å². The summed E-state index contributed by atoms with van der Waals surface area (Å²) in [4.78, 5) is 16.4. The number of rotatable bonds is 9. The van der Waals surface area contributed by atoms with Gasteiger partial charge in [0.05, 0.1) is 12.0 Å². The molecule has 4 heteroatoms. The molecule has 1 saturated carbocycles. The van der Waals surface area contributed by atoms with Gasteiger partial charge >= 0.3 is 0 Å². The van der Waals surface area contributed by atoms with E-state index in [-0.39, 0.29) is 11.7 Å². The molecule has 0 amide bonds. The lowest BCUT2D eigenvalue weighted by Gasteiger charge is -2.22. The first-order valence-electron chi connectivity index (χ1n) is 12.0. The maximum absolute atomic E-state index is 11.4. The number of aliphatic imine (C=N–C) groups is 1. The second-order valence-electron chi connectivity index (χ2n) is 8.55. The minimum atomic E-state index is -0.0229. The SMILES string of the molecule is CC.CC(=O)c1ccc(CCC(=N)C(C)C(=NC2CCCCC2)N/C=C\C(C)C)cc1. The van der Waals surface area contributed by atoms with Crippen molar-refractivity contribution in [2.75, 3.05) is 0 Å². The van der Waals surface area contributed by atoms with Gasteiger partial charge < -0.3 is 10.7 Å². The van der Waals surface area contributed by atoms with E-state index >= 15 is 0 Å². The van der Waals surface area contributed by atoms with Gasteiger partial charge in [-0.15, -0.1) is 0 Å². The van der Waals surface area contributed by atoms with E-state index in [1.807, 2.05) is 44.3 Å². The molecule has 1 fully saturated rings. The Hall–Kier alpha value is -2.23.